The van der Waals surface area contributed by atoms with Crippen molar-refractivity contribution >= 4 is 11.7 Å². The summed E-state index contributed by atoms with van der Waals surface area (Å²) < 4.78 is 5.52. The highest BCUT2D eigenvalue weighted by Gasteiger charge is 2.07. The molecule has 0 unspecified atom stereocenters. The topological polar surface area (TPSA) is 47.6 Å². The minimum Gasteiger partial charge on any atom is -0.465 e. The average molecular weight is 248 g/mol. The first-order valence-corrected chi connectivity index (χ1v) is 6.78. The molecule has 1 rings (SSSR count). The van der Waals surface area contributed by atoms with E-state index in [2.05, 4.69) is 18.8 Å². The summed E-state index contributed by atoms with van der Waals surface area (Å²) in [5, 5.41) is 0. The first kappa shape index (κ1) is 14.6. The predicted molar refractivity (Wildman–Crippen MR) is 77.0 cm³/mol. The fourth-order valence-electron chi connectivity index (χ4n) is 1.76. The molecule has 100 valence electrons. The number of hydrogen-bond acceptors (Lipinski definition) is 2. The first-order chi connectivity index (χ1) is 8.76. The molecule has 0 heterocycles. The highest BCUT2D eigenvalue weighted by Crippen LogP contribution is 2.14. The van der Waals surface area contributed by atoms with Crippen LogP contribution in [-0.2, 0) is 4.74 Å². The zero-order valence-corrected chi connectivity index (χ0v) is 11.4. The molecule has 1 aromatic rings. The third-order valence-electron chi connectivity index (χ3n) is 3.01. The molecule has 0 amide bonds. The Morgan fingerprint density at radius 2 is 2.00 bits per heavy atom. The molecule has 1 aromatic carbocycles. The Morgan fingerprint density at radius 3 is 2.61 bits per heavy atom. The van der Waals surface area contributed by atoms with E-state index in [9.17, 15) is 0 Å². The van der Waals surface area contributed by atoms with Gasteiger partial charge in [0, 0.05) is 0 Å². The molecule has 0 radical (unpaired) electrons. The van der Waals surface area contributed by atoms with Gasteiger partial charge in [0.05, 0.1) is 12.3 Å². The molecule has 1 atom stereocenters. The van der Waals surface area contributed by atoms with E-state index in [1.807, 2.05) is 30.3 Å². The molecule has 0 aliphatic carbocycles. The standard InChI is InChI=1S/C15H24N2O/c1-3-5-9-13(4-2)12-18-15(16)17-14-10-7-6-8-11-14/h6-8,10-11,13H,3-5,9,12H2,1-2H3,(H2,16,17)/t13-/m0/s1. The minimum absolute atomic E-state index is 0.260. The van der Waals surface area contributed by atoms with E-state index < -0.39 is 0 Å². The maximum atomic E-state index is 5.77. The maximum absolute atomic E-state index is 5.77. The van der Waals surface area contributed by atoms with Crippen molar-refractivity contribution < 1.29 is 4.74 Å². The molecule has 0 spiro atoms. The van der Waals surface area contributed by atoms with Crippen molar-refractivity contribution in [2.45, 2.75) is 39.5 Å². The van der Waals surface area contributed by atoms with Gasteiger partial charge in [-0.15, -0.1) is 0 Å². The number of para-hydroxylation sites is 1. The number of hydrogen-bond donors (Lipinski definition) is 1. The lowest BCUT2D eigenvalue weighted by molar-refractivity contribution is 0.219. The molecular formula is C15H24N2O. The fourth-order valence-corrected chi connectivity index (χ4v) is 1.76. The highest BCUT2D eigenvalue weighted by atomic mass is 16.5. The van der Waals surface area contributed by atoms with Crippen LogP contribution in [0.1, 0.15) is 39.5 Å². The van der Waals surface area contributed by atoms with Gasteiger partial charge >= 0.3 is 0 Å². The van der Waals surface area contributed by atoms with Crippen molar-refractivity contribution in [2.75, 3.05) is 6.61 Å². The van der Waals surface area contributed by atoms with E-state index in [1.54, 1.807) is 0 Å². The molecule has 2 N–H and O–H groups in total. The molecule has 0 aromatic heterocycles. The second-order valence-electron chi connectivity index (χ2n) is 4.51. The van der Waals surface area contributed by atoms with Crippen LogP contribution < -0.4 is 5.73 Å². The summed E-state index contributed by atoms with van der Waals surface area (Å²) in [5.41, 5.74) is 6.60. The number of nitrogens with zero attached hydrogens (tertiary/aromatic N) is 1. The average Bonchev–Trinajstić information content (AvgIpc) is 2.40. The Bertz CT molecular complexity index is 349. The zero-order chi connectivity index (χ0) is 13.2. The third-order valence-corrected chi connectivity index (χ3v) is 3.01. The quantitative estimate of drug-likeness (QED) is 0.588. The largest absolute Gasteiger partial charge is 0.465 e. The number of benzene rings is 1. The molecular weight excluding hydrogens is 224 g/mol. The molecule has 3 heteroatoms. The van der Waals surface area contributed by atoms with Crippen LogP contribution in [0.25, 0.3) is 0 Å². The molecule has 18 heavy (non-hydrogen) atoms. The van der Waals surface area contributed by atoms with E-state index in [-0.39, 0.29) is 6.02 Å². The van der Waals surface area contributed by atoms with Crippen LogP contribution in [-0.4, -0.2) is 12.6 Å². The molecule has 3 nitrogen and oxygen atoms in total. The van der Waals surface area contributed by atoms with Crippen molar-refractivity contribution in [2.24, 2.45) is 16.6 Å². The molecule has 0 aliphatic rings. The van der Waals surface area contributed by atoms with Crippen LogP contribution in [0.15, 0.2) is 35.3 Å². The van der Waals surface area contributed by atoms with E-state index in [0.717, 1.165) is 12.1 Å². The van der Waals surface area contributed by atoms with Crippen LogP contribution in [0.4, 0.5) is 5.69 Å². The Morgan fingerprint density at radius 1 is 1.28 bits per heavy atom. The SMILES string of the molecule is CCCC[C@H](CC)COC(N)=Nc1ccccc1. The predicted octanol–water partition coefficient (Wildman–Crippen LogP) is 3.87. The maximum Gasteiger partial charge on any atom is 0.287 e. The monoisotopic (exact) mass is 248 g/mol. The van der Waals surface area contributed by atoms with Crippen LogP contribution in [0.2, 0.25) is 0 Å². The Balaban J connectivity index is 2.39. The van der Waals surface area contributed by atoms with Crippen molar-refractivity contribution in [3.05, 3.63) is 30.3 Å². The van der Waals surface area contributed by atoms with Gasteiger partial charge in [0.25, 0.3) is 6.02 Å². The lowest BCUT2D eigenvalue weighted by Gasteiger charge is -2.14. The van der Waals surface area contributed by atoms with Gasteiger partial charge in [0.1, 0.15) is 0 Å². The molecule has 0 fully saturated rings. The lowest BCUT2D eigenvalue weighted by atomic mass is 10.0. The smallest absolute Gasteiger partial charge is 0.287 e. The fraction of sp³-hybridized carbons (Fsp3) is 0.533. The normalized spacial score (nSPS) is 13.3. The summed E-state index contributed by atoms with van der Waals surface area (Å²) in [4.78, 5) is 4.22. The summed E-state index contributed by atoms with van der Waals surface area (Å²) in [6, 6.07) is 9.89. The number of ether oxygens (including phenoxy) is 1. The van der Waals surface area contributed by atoms with Gasteiger partial charge in [0.2, 0.25) is 0 Å². The van der Waals surface area contributed by atoms with Gasteiger partial charge < -0.3 is 10.5 Å². The summed E-state index contributed by atoms with van der Waals surface area (Å²) in [5.74, 6) is 0.578. The highest BCUT2D eigenvalue weighted by molar-refractivity contribution is 5.75. The van der Waals surface area contributed by atoms with Crippen LogP contribution in [0.3, 0.4) is 0 Å². The van der Waals surface area contributed by atoms with Gasteiger partial charge in [-0.1, -0.05) is 51.3 Å². The first-order valence-electron chi connectivity index (χ1n) is 6.78. The van der Waals surface area contributed by atoms with Crippen LogP contribution in [0, 0.1) is 5.92 Å². The Kier molecular flexibility index (Phi) is 6.92. The summed E-state index contributed by atoms with van der Waals surface area (Å²) in [6.45, 7) is 5.06. The zero-order valence-electron chi connectivity index (χ0n) is 11.4. The van der Waals surface area contributed by atoms with Gasteiger partial charge in [-0.05, 0) is 24.5 Å². The minimum atomic E-state index is 0.260. The van der Waals surface area contributed by atoms with E-state index in [1.165, 1.54) is 19.3 Å². The van der Waals surface area contributed by atoms with Crippen molar-refractivity contribution in [3.8, 4) is 0 Å². The van der Waals surface area contributed by atoms with Crippen LogP contribution >= 0.6 is 0 Å². The summed E-state index contributed by atoms with van der Waals surface area (Å²) >= 11 is 0. The Labute approximate surface area is 110 Å². The van der Waals surface area contributed by atoms with Crippen LogP contribution in [0.5, 0.6) is 0 Å². The number of amidine groups is 1. The molecule has 0 saturated heterocycles. The molecule has 0 bridgehead atoms. The number of nitrogens with two attached hydrogens (primary N) is 1. The lowest BCUT2D eigenvalue weighted by Crippen LogP contribution is -2.20. The van der Waals surface area contributed by atoms with Gasteiger partial charge in [0.15, 0.2) is 0 Å². The summed E-state index contributed by atoms with van der Waals surface area (Å²) in [7, 11) is 0. The summed E-state index contributed by atoms with van der Waals surface area (Å²) in [6.07, 6.45) is 4.80. The number of unbranched alkanes of at least 4 members (excludes halogenated alkanes) is 1. The van der Waals surface area contributed by atoms with Crippen molar-refractivity contribution in [3.63, 3.8) is 0 Å². The molecule has 0 saturated carbocycles. The number of rotatable bonds is 7. The molecule has 0 aliphatic heterocycles. The van der Waals surface area contributed by atoms with E-state index >= 15 is 0 Å². The number of aliphatic imine (C=N–C) groups is 1. The van der Waals surface area contributed by atoms with E-state index in [4.69, 9.17) is 10.5 Å². The second kappa shape index (κ2) is 8.56. The van der Waals surface area contributed by atoms with E-state index in [0.29, 0.717) is 12.5 Å². The van der Waals surface area contributed by atoms with Gasteiger partial charge in [-0.25, -0.2) is 0 Å². The van der Waals surface area contributed by atoms with Crippen molar-refractivity contribution in [1.82, 2.24) is 0 Å². The van der Waals surface area contributed by atoms with Gasteiger partial charge in [-0.3, -0.25) is 0 Å². The van der Waals surface area contributed by atoms with Crippen molar-refractivity contribution in [1.29, 1.82) is 0 Å². The van der Waals surface area contributed by atoms with Gasteiger partial charge in [-0.2, -0.15) is 4.99 Å². The Hall–Kier alpha value is -1.51. The second-order valence-corrected chi connectivity index (χ2v) is 4.51. The third kappa shape index (κ3) is 5.71.